The van der Waals surface area contributed by atoms with Crippen molar-refractivity contribution in [1.29, 1.82) is 0 Å². The van der Waals surface area contributed by atoms with E-state index in [1.807, 2.05) is 0 Å². The third-order valence-corrected chi connectivity index (χ3v) is 6.33. The Morgan fingerprint density at radius 1 is 0.606 bits per heavy atom. The molecule has 1 aliphatic carbocycles. The van der Waals surface area contributed by atoms with Gasteiger partial charge in [0.1, 0.15) is 0 Å². The van der Waals surface area contributed by atoms with E-state index in [0.29, 0.717) is 0 Å². The van der Waals surface area contributed by atoms with E-state index in [-0.39, 0.29) is 17.0 Å². The lowest BCUT2D eigenvalue weighted by Crippen LogP contribution is -2.22. The number of hydrogen-bond acceptors (Lipinski definition) is 4. The molecule has 0 fully saturated rings. The Balaban J connectivity index is 0.000000236. The van der Waals surface area contributed by atoms with Crippen molar-refractivity contribution < 1.29 is 0 Å². The number of aryl methyl sites for hydroxylation is 2. The van der Waals surface area contributed by atoms with E-state index >= 15 is 0 Å². The summed E-state index contributed by atoms with van der Waals surface area (Å²) in [5, 5.41) is 12.4. The third kappa shape index (κ3) is 8.66. The summed E-state index contributed by atoms with van der Waals surface area (Å²) in [6, 6.07) is 18.0. The van der Waals surface area contributed by atoms with Crippen molar-refractivity contribution in [2.45, 2.75) is 51.4 Å². The summed E-state index contributed by atoms with van der Waals surface area (Å²) in [5.74, 6) is 0. The summed E-state index contributed by atoms with van der Waals surface area (Å²) >= 11 is 0. The molecule has 0 amide bonds. The lowest BCUT2D eigenvalue weighted by molar-refractivity contribution is 0.570. The molecule has 4 nitrogen and oxygen atoms in total. The van der Waals surface area contributed by atoms with E-state index in [0.717, 1.165) is 52.1 Å². The fourth-order valence-electron chi connectivity index (χ4n) is 4.55. The maximum Gasteiger partial charge on any atom is -0.00369 e. The molecular weight excluding hydrogens is 472 g/mol. The number of unbranched alkanes of at least 4 members (excludes halogenated alkanes) is 1. The Labute approximate surface area is 210 Å². The second-order valence-corrected chi connectivity index (χ2v) is 8.78. The number of nitrogens with one attached hydrogen (secondary N) is 2. The fraction of sp³-hybridized carbons (Fsp3) is 0.500. The van der Waals surface area contributed by atoms with E-state index in [9.17, 15) is 0 Å². The second kappa shape index (κ2) is 16.2. The van der Waals surface area contributed by atoms with E-state index in [1.165, 1.54) is 60.1 Å². The van der Waals surface area contributed by atoms with Gasteiger partial charge in [-0.1, -0.05) is 48.5 Å². The summed E-state index contributed by atoms with van der Waals surface area (Å²) in [7, 11) is 0. The Kier molecular flexibility index (Phi) is 13.6. The predicted molar refractivity (Wildman–Crippen MR) is 151 cm³/mol. The van der Waals surface area contributed by atoms with Crippen LogP contribution in [-0.4, -0.2) is 39.3 Å². The monoisotopic (exact) mass is 514 g/mol. The number of halogens is 1. The van der Waals surface area contributed by atoms with Gasteiger partial charge < -0.3 is 22.1 Å². The number of rotatable bonds is 11. The summed E-state index contributed by atoms with van der Waals surface area (Å²) < 4.78 is 0. The Morgan fingerprint density at radius 3 is 1.91 bits per heavy atom. The van der Waals surface area contributed by atoms with Crippen molar-refractivity contribution in [3.63, 3.8) is 0 Å². The van der Waals surface area contributed by atoms with Gasteiger partial charge in [-0.15, -0.1) is 17.0 Å². The minimum atomic E-state index is 0. The summed E-state index contributed by atoms with van der Waals surface area (Å²) in [6.45, 7) is 5.90. The zero-order valence-electron chi connectivity index (χ0n) is 20.1. The summed E-state index contributed by atoms with van der Waals surface area (Å²) in [6.07, 6.45) is 9.85. The van der Waals surface area contributed by atoms with Crippen LogP contribution in [0.25, 0.3) is 21.5 Å². The molecule has 0 radical (unpaired) electrons. The molecule has 6 N–H and O–H groups in total. The molecule has 0 spiro atoms. The normalized spacial score (nSPS) is 12.7. The first-order chi connectivity index (χ1) is 15.8. The molecule has 5 heteroatoms. The van der Waals surface area contributed by atoms with Gasteiger partial charge in [0.05, 0.1) is 0 Å². The topological polar surface area (TPSA) is 76.1 Å². The third-order valence-electron chi connectivity index (χ3n) is 6.33. The van der Waals surface area contributed by atoms with Gasteiger partial charge in [-0.2, -0.15) is 0 Å². The van der Waals surface area contributed by atoms with Gasteiger partial charge in [0.25, 0.3) is 0 Å². The van der Waals surface area contributed by atoms with Gasteiger partial charge in [0, 0.05) is 0 Å². The molecular formula is C28H43BrN4. The second-order valence-electron chi connectivity index (χ2n) is 8.78. The van der Waals surface area contributed by atoms with Crippen LogP contribution in [0.5, 0.6) is 0 Å². The molecule has 0 unspecified atom stereocenters. The van der Waals surface area contributed by atoms with E-state index < -0.39 is 0 Å². The van der Waals surface area contributed by atoms with Crippen molar-refractivity contribution >= 4 is 38.5 Å². The van der Waals surface area contributed by atoms with Crippen LogP contribution < -0.4 is 22.1 Å². The predicted octanol–water partition coefficient (Wildman–Crippen LogP) is 5.09. The average Bonchev–Trinajstić information content (AvgIpc) is 2.85. The molecule has 0 atom stereocenters. The van der Waals surface area contributed by atoms with Gasteiger partial charge in [-0.05, 0) is 123 Å². The van der Waals surface area contributed by atoms with Crippen molar-refractivity contribution in [3.05, 3.63) is 59.7 Å². The van der Waals surface area contributed by atoms with Gasteiger partial charge in [-0.3, -0.25) is 0 Å². The molecule has 33 heavy (non-hydrogen) atoms. The summed E-state index contributed by atoms with van der Waals surface area (Å²) in [5.41, 5.74) is 13.9. The van der Waals surface area contributed by atoms with Crippen LogP contribution >= 0.6 is 17.0 Å². The Morgan fingerprint density at radius 2 is 1.21 bits per heavy atom. The molecule has 0 aliphatic heterocycles. The minimum absolute atomic E-state index is 0. The summed E-state index contributed by atoms with van der Waals surface area (Å²) in [4.78, 5) is 0. The van der Waals surface area contributed by atoms with Crippen molar-refractivity contribution in [2.75, 3.05) is 39.3 Å². The fourth-order valence-corrected chi connectivity index (χ4v) is 4.55. The van der Waals surface area contributed by atoms with Gasteiger partial charge in [0.15, 0.2) is 0 Å². The van der Waals surface area contributed by atoms with Crippen LogP contribution in [-0.2, 0) is 12.8 Å². The molecule has 0 saturated carbocycles. The van der Waals surface area contributed by atoms with Gasteiger partial charge >= 0.3 is 0 Å². The standard InChI is InChI=1S/C18H16.C10H26N4.BrH/c1-3-7-15-13(5-1)9-11-18-16-8-4-2-6-14(16)10-12-17(15)18;11-5-3-9-13-7-1-2-8-14-10-4-6-12;/h1,3,5,7,9-12H,2,4,6,8H2;13-14H,1-12H2;1H. The quantitative estimate of drug-likeness (QED) is 0.212. The van der Waals surface area contributed by atoms with Crippen LogP contribution in [0, 0.1) is 0 Å². The maximum atomic E-state index is 5.38. The van der Waals surface area contributed by atoms with Crippen LogP contribution in [0.2, 0.25) is 0 Å². The molecule has 0 saturated heterocycles. The number of fused-ring (bicyclic) bond motifs is 5. The molecule has 0 bridgehead atoms. The van der Waals surface area contributed by atoms with Crippen LogP contribution in [0.1, 0.15) is 49.7 Å². The SMILES string of the molecule is Br.NCCCNCCCCNCCCN.c1ccc2c(c1)ccc1c3c(ccc12)CCCC3. The molecule has 3 aromatic rings. The van der Waals surface area contributed by atoms with Crippen LogP contribution in [0.4, 0.5) is 0 Å². The van der Waals surface area contributed by atoms with Crippen LogP contribution in [0.15, 0.2) is 48.5 Å². The highest BCUT2D eigenvalue weighted by Gasteiger charge is 2.13. The largest absolute Gasteiger partial charge is 0.330 e. The van der Waals surface area contributed by atoms with Crippen LogP contribution in [0.3, 0.4) is 0 Å². The first kappa shape index (κ1) is 27.7. The minimum Gasteiger partial charge on any atom is -0.330 e. The van der Waals surface area contributed by atoms with E-state index in [1.54, 1.807) is 11.1 Å². The zero-order valence-corrected chi connectivity index (χ0v) is 21.8. The van der Waals surface area contributed by atoms with E-state index in [2.05, 4.69) is 59.2 Å². The highest BCUT2D eigenvalue weighted by atomic mass is 79.9. The first-order valence-corrected chi connectivity index (χ1v) is 12.6. The van der Waals surface area contributed by atoms with Crippen molar-refractivity contribution in [2.24, 2.45) is 11.5 Å². The maximum absolute atomic E-state index is 5.38. The molecule has 0 heterocycles. The van der Waals surface area contributed by atoms with Crippen molar-refractivity contribution in [1.82, 2.24) is 10.6 Å². The Hall–Kier alpha value is -1.50. The molecule has 4 rings (SSSR count). The average molecular weight is 516 g/mol. The number of nitrogens with two attached hydrogens (primary N) is 2. The first-order valence-electron chi connectivity index (χ1n) is 12.6. The van der Waals surface area contributed by atoms with Gasteiger partial charge in [-0.25, -0.2) is 0 Å². The molecule has 1 aliphatic rings. The lowest BCUT2D eigenvalue weighted by Gasteiger charge is -2.18. The molecule has 3 aromatic carbocycles. The van der Waals surface area contributed by atoms with Gasteiger partial charge in [0.2, 0.25) is 0 Å². The smallest absolute Gasteiger partial charge is 0.00369 e. The molecule has 182 valence electrons. The highest BCUT2D eigenvalue weighted by Crippen LogP contribution is 2.33. The number of benzene rings is 3. The van der Waals surface area contributed by atoms with E-state index in [4.69, 9.17) is 11.5 Å². The number of hydrogen-bond donors (Lipinski definition) is 4. The Bertz CT molecular complexity index is 932. The van der Waals surface area contributed by atoms with Crippen molar-refractivity contribution in [3.8, 4) is 0 Å². The molecule has 0 aromatic heterocycles. The lowest BCUT2D eigenvalue weighted by atomic mass is 9.86. The zero-order chi connectivity index (χ0) is 22.4. The highest BCUT2D eigenvalue weighted by molar-refractivity contribution is 8.93.